The van der Waals surface area contributed by atoms with Crippen molar-refractivity contribution in [1.82, 2.24) is 0 Å². The van der Waals surface area contributed by atoms with Crippen LogP contribution in [0.5, 0.6) is 0 Å². The largest absolute Gasteiger partial charge is 0.319 e. The van der Waals surface area contributed by atoms with Crippen LogP contribution < -0.4 is 0 Å². The van der Waals surface area contributed by atoms with Crippen LogP contribution in [0.2, 0.25) is 11.6 Å². The zero-order chi connectivity index (χ0) is 21.4. The summed E-state index contributed by atoms with van der Waals surface area (Å²) in [6.45, 7) is 23.9. The molecule has 0 heterocycles. The van der Waals surface area contributed by atoms with E-state index in [0.29, 0.717) is 47.1 Å². The van der Waals surface area contributed by atoms with Crippen molar-refractivity contribution in [2.45, 2.75) is 80.9 Å². The van der Waals surface area contributed by atoms with E-state index in [2.05, 4.69) is 89.4 Å². The average molecular weight is 565 g/mol. The van der Waals surface area contributed by atoms with Crippen LogP contribution in [0.25, 0.3) is 0 Å². The van der Waals surface area contributed by atoms with Gasteiger partial charge in [-0.2, -0.15) is 11.8 Å². The first-order valence-electron chi connectivity index (χ1n) is 11.8. The summed E-state index contributed by atoms with van der Waals surface area (Å²) in [5.74, 6) is 5.27. The van der Waals surface area contributed by atoms with Crippen molar-refractivity contribution in [3.8, 4) is 0 Å². The summed E-state index contributed by atoms with van der Waals surface area (Å²) in [5.41, 5.74) is 12.7. The Labute approximate surface area is 244 Å². The molecule has 8 unspecified atom stereocenters. The zero-order valence-corrected chi connectivity index (χ0v) is 27.2. The van der Waals surface area contributed by atoms with E-state index in [0.717, 1.165) is 0 Å². The molecular formula is C28H40BY2-2. The van der Waals surface area contributed by atoms with E-state index < -0.39 is 0 Å². The van der Waals surface area contributed by atoms with Gasteiger partial charge in [0.2, 0.25) is 0 Å². The maximum absolute atomic E-state index is 2.83. The molecule has 0 saturated heterocycles. The molecule has 2 fully saturated rings. The predicted molar refractivity (Wildman–Crippen MR) is 128 cm³/mol. The van der Waals surface area contributed by atoms with Gasteiger partial charge in [0.1, 0.15) is 7.28 Å². The Balaban J connectivity index is 0.00000171. The third-order valence-corrected chi connectivity index (χ3v) is 9.77. The summed E-state index contributed by atoms with van der Waals surface area (Å²) in [4.78, 5) is 0. The smallest absolute Gasteiger partial charge is 0.113 e. The Kier molecular flexibility index (Phi) is 9.61. The fourth-order valence-corrected chi connectivity index (χ4v) is 7.26. The molecule has 3 radical (unpaired) electrons. The van der Waals surface area contributed by atoms with Crippen molar-refractivity contribution in [3.63, 3.8) is 0 Å². The van der Waals surface area contributed by atoms with Gasteiger partial charge in [-0.15, -0.1) is 11.8 Å². The van der Waals surface area contributed by atoms with Crippen molar-refractivity contribution >= 4 is 7.28 Å². The third-order valence-electron chi connectivity index (χ3n) is 9.77. The van der Waals surface area contributed by atoms with E-state index in [1.165, 1.54) is 11.1 Å². The summed E-state index contributed by atoms with van der Waals surface area (Å²) in [5, 5.41) is 0. The quantitative estimate of drug-likeness (QED) is 0.237. The minimum atomic E-state index is 0. The third kappa shape index (κ3) is 4.47. The summed E-state index contributed by atoms with van der Waals surface area (Å²) >= 11 is 0. The van der Waals surface area contributed by atoms with Crippen molar-refractivity contribution < 1.29 is 65.4 Å². The molecule has 0 aliphatic heterocycles. The van der Waals surface area contributed by atoms with Crippen LogP contribution in [0.3, 0.4) is 0 Å². The Bertz CT molecular complexity index is 788. The molecule has 0 nitrogen and oxygen atoms in total. The van der Waals surface area contributed by atoms with Crippen molar-refractivity contribution in [2.24, 2.45) is 35.5 Å². The van der Waals surface area contributed by atoms with E-state index >= 15 is 0 Å². The van der Waals surface area contributed by atoms with Gasteiger partial charge in [0.15, 0.2) is 0 Å². The molecule has 2 saturated carbocycles. The molecule has 0 N–H and O–H groups in total. The SMILES string of the molecule is CC1=C(C)C2[CH-]C(C)C([B]C3C(C)[CH-]C4C(C)=C(C)C(C)=C(C)C43)C2C(C)=C1C.[Y].[Y]. The molecule has 0 bridgehead atoms. The number of allylic oxidation sites excluding steroid dienone is 8. The van der Waals surface area contributed by atoms with Crippen molar-refractivity contribution in [1.29, 1.82) is 0 Å². The molecular weight excluding hydrogens is 525 g/mol. The summed E-state index contributed by atoms with van der Waals surface area (Å²) in [7, 11) is 2.83. The molecule has 0 spiro atoms. The van der Waals surface area contributed by atoms with E-state index in [1.54, 1.807) is 33.4 Å². The molecule has 4 rings (SSSR count). The molecule has 0 amide bonds. The second kappa shape index (κ2) is 10.5. The Hall–Kier alpha value is 1.23. The van der Waals surface area contributed by atoms with Gasteiger partial charge in [-0.25, -0.2) is 0 Å². The second-order valence-electron chi connectivity index (χ2n) is 10.8. The van der Waals surface area contributed by atoms with E-state index in [-0.39, 0.29) is 65.4 Å². The number of hydrogen-bond acceptors (Lipinski definition) is 0. The van der Waals surface area contributed by atoms with Crippen molar-refractivity contribution in [2.75, 3.05) is 0 Å². The topological polar surface area (TPSA) is 0 Å². The maximum atomic E-state index is 2.83. The van der Waals surface area contributed by atoms with Gasteiger partial charge in [0, 0.05) is 65.4 Å². The van der Waals surface area contributed by atoms with Crippen LogP contribution in [0.15, 0.2) is 44.6 Å². The van der Waals surface area contributed by atoms with Gasteiger partial charge in [-0.05, 0) is 78.4 Å². The van der Waals surface area contributed by atoms with Gasteiger partial charge < -0.3 is 12.8 Å². The first-order chi connectivity index (χ1) is 13.6. The molecule has 4 aliphatic carbocycles. The number of fused-ring (bicyclic) bond motifs is 2. The minimum absolute atomic E-state index is 0. The van der Waals surface area contributed by atoms with Gasteiger partial charge in [0.05, 0.1) is 0 Å². The van der Waals surface area contributed by atoms with Gasteiger partial charge in [0.25, 0.3) is 0 Å². The van der Waals surface area contributed by atoms with Crippen LogP contribution in [0.1, 0.15) is 69.2 Å². The molecule has 163 valence electrons. The monoisotopic (exact) mass is 565 g/mol. The van der Waals surface area contributed by atoms with Crippen LogP contribution in [-0.4, -0.2) is 7.28 Å². The van der Waals surface area contributed by atoms with Crippen LogP contribution in [0, 0.1) is 48.3 Å². The Morgan fingerprint density at radius 3 is 1.13 bits per heavy atom. The summed E-state index contributed by atoms with van der Waals surface area (Å²) in [6.07, 6.45) is 5.34. The van der Waals surface area contributed by atoms with Crippen LogP contribution >= 0.6 is 0 Å². The Morgan fingerprint density at radius 2 is 0.806 bits per heavy atom. The van der Waals surface area contributed by atoms with Gasteiger partial charge >= 0.3 is 0 Å². The standard InChI is InChI=1S/C28H40B.2Y/c1-13-11-23-19(7)15(3)17(5)21(9)25(23)27(13)29-28-14(2)12-24-20(8)16(4)18(6)22(10)26(24)28;;/h11-14,23-28H,1-10H3;;/q-2;;. The first-order valence-corrected chi connectivity index (χ1v) is 11.8. The Morgan fingerprint density at radius 1 is 0.516 bits per heavy atom. The van der Waals surface area contributed by atoms with Crippen LogP contribution in [-0.2, 0) is 65.4 Å². The van der Waals surface area contributed by atoms with Gasteiger partial charge in [-0.3, -0.25) is 0 Å². The van der Waals surface area contributed by atoms with E-state index in [1.807, 2.05) is 0 Å². The van der Waals surface area contributed by atoms with Crippen molar-refractivity contribution in [3.05, 3.63) is 57.4 Å². The molecule has 0 aromatic carbocycles. The number of hydrogen-bond donors (Lipinski definition) is 0. The molecule has 0 aromatic rings. The maximum Gasteiger partial charge on any atom is 0.113 e. The second-order valence-corrected chi connectivity index (χ2v) is 10.8. The fraction of sp³-hybridized carbons (Fsp3) is 0.643. The summed E-state index contributed by atoms with van der Waals surface area (Å²) in [6, 6.07) is 0. The molecule has 0 aromatic heterocycles. The molecule has 8 atom stereocenters. The first kappa shape index (κ1) is 28.5. The summed E-state index contributed by atoms with van der Waals surface area (Å²) < 4.78 is 0. The average Bonchev–Trinajstić information content (AvgIpc) is 3.19. The molecule has 31 heavy (non-hydrogen) atoms. The van der Waals surface area contributed by atoms with E-state index in [9.17, 15) is 0 Å². The predicted octanol–water partition coefficient (Wildman–Crippen LogP) is 7.81. The minimum Gasteiger partial charge on any atom is -0.319 e. The normalized spacial score (nSPS) is 39.9. The van der Waals surface area contributed by atoms with Gasteiger partial charge in [-0.1, -0.05) is 58.9 Å². The molecule has 3 heteroatoms. The zero-order valence-electron chi connectivity index (χ0n) is 21.5. The van der Waals surface area contributed by atoms with E-state index in [4.69, 9.17) is 0 Å². The fourth-order valence-electron chi connectivity index (χ4n) is 7.26. The molecule has 4 aliphatic rings. The number of rotatable bonds is 2. The van der Waals surface area contributed by atoms with Crippen LogP contribution in [0.4, 0.5) is 0 Å².